The molecule has 174 valence electrons. The van der Waals surface area contributed by atoms with E-state index in [2.05, 4.69) is 0 Å². The Morgan fingerprint density at radius 3 is 2.19 bits per heavy atom. The molecule has 2 aliphatic heterocycles. The molecule has 1 N–H and O–H groups in total. The number of aliphatic hydroxyl groups excluding tert-OH is 1. The second-order valence-corrected chi connectivity index (χ2v) is 7.41. The molecular weight excluding hydrogens is 449 g/mol. The van der Waals surface area contributed by atoms with Crippen LogP contribution in [0.5, 0.6) is 5.75 Å². The Hall–Kier alpha value is -2.18. The Balaban J connectivity index is 2.17. The molecule has 3 rings (SSSR count). The molecule has 2 aliphatic rings. The van der Waals surface area contributed by atoms with E-state index in [-0.39, 0.29) is 31.5 Å². The van der Waals surface area contributed by atoms with Crippen LogP contribution in [-0.2, 0) is 10.7 Å². The molecule has 1 aromatic rings. The van der Waals surface area contributed by atoms with Crippen molar-refractivity contribution >= 4 is 5.91 Å². The molecule has 2 unspecified atom stereocenters. The molecule has 0 aliphatic carbocycles. The summed E-state index contributed by atoms with van der Waals surface area (Å²) in [6.07, 6.45) is -8.52. The Morgan fingerprint density at radius 2 is 1.71 bits per heavy atom. The van der Waals surface area contributed by atoms with Gasteiger partial charge in [-0.25, -0.2) is 8.78 Å². The van der Waals surface area contributed by atoms with Crippen LogP contribution in [0.3, 0.4) is 0 Å². The van der Waals surface area contributed by atoms with Crippen molar-refractivity contribution in [3.05, 3.63) is 29.3 Å². The Bertz CT molecular complexity index is 854. The van der Waals surface area contributed by atoms with E-state index in [0.717, 1.165) is 4.90 Å². The third-order valence-corrected chi connectivity index (χ3v) is 5.49. The molecule has 1 fully saturated rings. The Labute approximate surface area is 169 Å². The molecule has 0 spiro atoms. The second-order valence-electron chi connectivity index (χ2n) is 7.41. The van der Waals surface area contributed by atoms with Crippen molar-refractivity contribution in [2.45, 2.75) is 48.6 Å². The van der Waals surface area contributed by atoms with Gasteiger partial charge >= 0.3 is 18.0 Å². The van der Waals surface area contributed by atoms with Gasteiger partial charge < -0.3 is 14.7 Å². The van der Waals surface area contributed by atoms with Gasteiger partial charge in [-0.05, 0) is 24.6 Å². The van der Waals surface area contributed by atoms with Gasteiger partial charge in [0.05, 0.1) is 6.04 Å². The van der Waals surface area contributed by atoms with Crippen LogP contribution in [0.4, 0.5) is 39.5 Å². The molecule has 0 radical (unpaired) electrons. The zero-order valence-electron chi connectivity index (χ0n) is 15.5. The number of halogens is 9. The Kier molecular flexibility index (Phi) is 5.64. The van der Waals surface area contributed by atoms with E-state index in [0.29, 0.717) is 6.07 Å². The highest BCUT2D eigenvalue weighted by Crippen LogP contribution is 2.53. The third-order valence-electron chi connectivity index (χ3n) is 5.49. The van der Waals surface area contributed by atoms with Crippen molar-refractivity contribution < 1.29 is 54.2 Å². The number of fused-ring (bicyclic) bond motifs is 1. The summed E-state index contributed by atoms with van der Waals surface area (Å²) < 4.78 is 125. The van der Waals surface area contributed by atoms with E-state index in [1.54, 1.807) is 0 Å². The van der Waals surface area contributed by atoms with Crippen molar-refractivity contribution in [1.82, 2.24) is 4.90 Å². The first kappa shape index (κ1) is 23.5. The summed E-state index contributed by atoms with van der Waals surface area (Å²) in [5.41, 5.74) is -4.84. The van der Waals surface area contributed by atoms with Gasteiger partial charge in [-0.2, -0.15) is 30.7 Å². The lowest BCUT2D eigenvalue weighted by Crippen LogP contribution is -2.60. The molecule has 4 nitrogen and oxygen atoms in total. The van der Waals surface area contributed by atoms with Crippen molar-refractivity contribution in [3.8, 4) is 5.75 Å². The topological polar surface area (TPSA) is 49.8 Å². The zero-order chi connectivity index (χ0) is 23.4. The van der Waals surface area contributed by atoms with Crippen molar-refractivity contribution in [2.24, 2.45) is 0 Å². The van der Waals surface area contributed by atoms with E-state index >= 15 is 0 Å². The second kappa shape index (κ2) is 7.45. The SMILES string of the molecule is O=C1CCCN1C1c2cc(C(F)(F)C(F)(F)C(F)(F)F)ccc2OC(CF)(CF)C1O. The minimum atomic E-state index is -6.58. The number of nitrogens with zero attached hydrogens (tertiary/aromatic N) is 1. The summed E-state index contributed by atoms with van der Waals surface area (Å²) in [6, 6.07) is -0.694. The van der Waals surface area contributed by atoms with Crippen LogP contribution in [-0.4, -0.2) is 59.6 Å². The molecule has 0 bridgehead atoms. The number of aliphatic hydroxyl groups is 1. The molecule has 1 amide bonds. The first-order valence-electron chi connectivity index (χ1n) is 8.99. The molecule has 1 aromatic carbocycles. The maximum atomic E-state index is 14.2. The van der Waals surface area contributed by atoms with Gasteiger partial charge in [0.2, 0.25) is 5.91 Å². The predicted molar refractivity (Wildman–Crippen MR) is 86.3 cm³/mol. The molecule has 1 saturated heterocycles. The van der Waals surface area contributed by atoms with E-state index < -0.39 is 71.9 Å². The maximum absolute atomic E-state index is 14.2. The van der Waals surface area contributed by atoms with Gasteiger partial charge in [-0.1, -0.05) is 0 Å². The number of hydrogen-bond acceptors (Lipinski definition) is 3. The Morgan fingerprint density at radius 1 is 1.10 bits per heavy atom. The average Bonchev–Trinajstić information content (AvgIpc) is 3.11. The van der Waals surface area contributed by atoms with Crippen LogP contribution in [0, 0.1) is 0 Å². The number of carbonyl (C=O) groups is 1. The standard InChI is InChI=1S/C18H16F9NO3/c19-7-15(8-20)14(30)13(28-5-1-2-12(28)29)10-6-9(3-4-11(10)31-15)16(21,22)17(23,24)18(25,26)27/h3-4,6,13-14,30H,1-2,5,7-8H2. The highest BCUT2D eigenvalue weighted by atomic mass is 19.4. The minimum absolute atomic E-state index is 0.0420. The summed E-state index contributed by atoms with van der Waals surface area (Å²) in [5.74, 6) is -13.3. The van der Waals surface area contributed by atoms with Gasteiger partial charge in [0.1, 0.15) is 25.2 Å². The van der Waals surface area contributed by atoms with Gasteiger partial charge in [0.25, 0.3) is 0 Å². The molecule has 31 heavy (non-hydrogen) atoms. The first-order valence-corrected chi connectivity index (χ1v) is 8.99. The number of amides is 1. The third kappa shape index (κ3) is 3.40. The first-order chi connectivity index (χ1) is 14.2. The number of carbonyl (C=O) groups excluding carboxylic acids is 1. The van der Waals surface area contributed by atoms with Crippen LogP contribution >= 0.6 is 0 Å². The van der Waals surface area contributed by atoms with Crippen LogP contribution in [0.15, 0.2) is 18.2 Å². The van der Waals surface area contributed by atoms with E-state index in [1.807, 2.05) is 0 Å². The van der Waals surface area contributed by atoms with Crippen LogP contribution in [0.1, 0.15) is 30.0 Å². The fourth-order valence-corrected chi connectivity index (χ4v) is 3.71. The quantitative estimate of drug-likeness (QED) is 0.668. The predicted octanol–water partition coefficient (Wildman–Crippen LogP) is 4.07. The van der Waals surface area contributed by atoms with Crippen LogP contribution in [0.25, 0.3) is 0 Å². The van der Waals surface area contributed by atoms with E-state index in [9.17, 15) is 49.4 Å². The largest absolute Gasteiger partial charge is 0.479 e. The number of alkyl halides is 9. The van der Waals surface area contributed by atoms with Gasteiger partial charge in [-0.15, -0.1) is 0 Å². The monoisotopic (exact) mass is 465 g/mol. The summed E-state index contributed by atoms with van der Waals surface area (Å²) in [6.45, 7) is -3.24. The number of rotatable bonds is 5. The number of ether oxygens (including phenoxy) is 1. The van der Waals surface area contributed by atoms with E-state index in [4.69, 9.17) is 4.74 Å². The van der Waals surface area contributed by atoms with Crippen LogP contribution in [0.2, 0.25) is 0 Å². The minimum Gasteiger partial charge on any atom is -0.479 e. The number of likely N-dealkylation sites (tertiary alicyclic amines) is 1. The van der Waals surface area contributed by atoms with Crippen molar-refractivity contribution in [2.75, 3.05) is 19.9 Å². The van der Waals surface area contributed by atoms with Crippen molar-refractivity contribution in [1.29, 1.82) is 0 Å². The smallest absolute Gasteiger partial charge is 0.460 e. The lowest BCUT2D eigenvalue weighted by Gasteiger charge is -2.46. The summed E-state index contributed by atoms with van der Waals surface area (Å²) in [5, 5.41) is 10.6. The van der Waals surface area contributed by atoms with Gasteiger partial charge in [-0.3, -0.25) is 4.79 Å². The number of hydrogen-bond donors (Lipinski definition) is 1. The van der Waals surface area contributed by atoms with Crippen molar-refractivity contribution in [3.63, 3.8) is 0 Å². The average molecular weight is 465 g/mol. The van der Waals surface area contributed by atoms with Gasteiger partial charge in [0, 0.05) is 24.1 Å². The number of benzene rings is 1. The lowest BCUT2D eigenvalue weighted by atomic mass is 9.83. The summed E-state index contributed by atoms with van der Waals surface area (Å²) in [4.78, 5) is 13.1. The molecule has 13 heteroatoms. The molecule has 2 heterocycles. The van der Waals surface area contributed by atoms with Gasteiger partial charge in [0.15, 0.2) is 5.60 Å². The lowest BCUT2D eigenvalue weighted by molar-refractivity contribution is -0.359. The molecular formula is C18H16F9NO3. The fourth-order valence-electron chi connectivity index (χ4n) is 3.71. The van der Waals surface area contributed by atoms with E-state index in [1.165, 1.54) is 0 Å². The molecule has 0 saturated carbocycles. The highest BCUT2D eigenvalue weighted by Gasteiger charge is 2.73. The molecule has 2 atom stereocenters. The highest BCUT2D eigenvalue weighted by molar-refractivity contribution is 5.79. The van der Waals surface area contributed by atoms with Crippen LogP contribution < -0.4 is 4.74 Å². The maximum Gasteiger partial charge on any atom is 0.460 e. The summed E-state index contributed by atoms with van der Waals surface area (Å²) >= 11 is 0. The molecule has 0 aromatic heterocycles. The zero-order valence-corrected chi connectivity index (χ0v) is 15.5. The normalized spacial score (nSPS) is 24.2. The fraction of sp³-hybridized carbons (Fsp3) is 0.611. The summed E-state index contributed by atoms with van der Waals surface area (Å²) in [7, 11) is 0.